The summed E-state index contributed by atoms with van der Waals surface area (Å²) >= 11 is 0. The van der Waals surface area contributed by atoms with E-state index in [1.165, 1.54) is 7.11 Å². The first-order valence-corrected chi connectivity index (χ1v) is 5.84. The second-order valence-electron chi connectivity index (χ2n) is 4.57. The normalized spacial score (nSPS) is 19.4. The van der Waals surface area contributed by atoms with Crippen LogP contribution in [0.3, 0.4) is 0 Å². The molecule has 6 heteroatoms. The first-order chi connectivity index (χ1) is 8.45. The smallest absolute Gasteiger partial charge is 0.311 e. The molecule has 1 unspecified atom stereocenters. The van der Waals surface area contributed by atoms with E-state index in [1.54, 1.807) is 9.58 Å². The molecule has 0 saturated carbocycles. The average Bonchev–Trinajstić information content (AvgIpc) is 2.80. The molecule has 18 heavy (non-hydrogen) atoms. The summed E-state index contributed by atoms with van der Waals surface area (Å²) in [5.41, 5.74) is 2.54. The van der Waals surface area contributed by atoms with E-state index in [2.05, 4.69) is 5.10 Å². The number of methoxy groups -OCH3 is 1. The lowest BCUT2D eigenvalue weighted by Gasteiger charge is -2.16. The van der Waals surface area contributed by atoms with Gasteiger partial charge in [0.15, 0.2) is 0 Å². The van der Waals surface area contributed by atoms with Crippen LogP contribution in [0.5, 0.6) is 0 Å². The zero-order valence-corrected chi connectivity index (χ0v) is 11.1. The van der Waals surface area contributed by atoms with Crippen molar-refractivity contribution in [3.05, 3.63) is 11.4 Å². The SMILES string of the molecule is COC(=O)C1CC(=O)N(c2c(C)nn(C)c2C)C1. The molecule has 1 aliphatic heterocycles. The zero-order chi connectivity index (χ0) is 13.4. The van der Waals surface area contributed by atoms with Crippen molar-refractivity contribution in [1.82, 2.24) is 9.78 Å². The lowest BCUT2D eigenvalue weighted by molar-refractivity contribution is -0.145. The van der Waals surface area contributed by atoms with Crippen LogP contribution in [0.2, 0.25) is 0 Å². The van der Waals surface area contributed by atoms with Gasteiger partial charge in [-0.1, -0.05) is 0 Å². The number of carbonyl (C=O) groups excluding carboxylic acids is 2. The van der Waals surface area contributed by atoms with Crippen molar-refractivity contribution < 1.29 is 14.3 Å². The van der Waals surface area contributed by atoms with E-state index in [4.69, 9.17) is 4.74 Å². The zero-order valence-electron chi connectivity index (χ0n) is 11.1. The fourth-order valence-corrected chi connectivity index (χ4v) is 2.40. The maximum Gasteiger partial charge on any atom is 0.311 e. The van der Waals surface area contributed by atoms with Gasteiger partial charge in [0.2, 0.25) is 5.91 Å². The maximum absolute atomic E-state index is 12.0. The van der Waals surface area contributed by atoms with E-state index >= 15 is 0 Å². The largest absolute Gasteiger partial charge is 0.469 e. The van der Waals surface area contributed by atoms with Crippen molar-refractivity contribution in [1.29, 1.82) is 0 Å². The Hall–Kier alpha value is -1.85. The third-order valence-electron chi connectivity index (χ3n) is 3.40. The minimum Gasteiger partial charge on any atom is -0.469 e. The Bertz CT molecular complexity index is 507. The number of aromatic nitrogens is 2. The summed E-state index contributed by atoms with van der Waals surface area (Å²) in [5, 5.41) is 4.29. The second-order valence-corrected chi connectivity index (χ2v) is 4.57. The molecule has 2 heterocycles. The molecule has 0 radical (unpaired) electrons. The van der Waals surface area contributed by atoms with Gasteiger partial charge in [-0.25, -0.2) is 0 Å². The summed E-state index contributed by atoms with van der Waals surface area (Å²) < 4.78 is 6.43. The second kappa shape index (κ2) is 4.44. The maximum atomic E-state index is 12.0. The van der Waals surface area contributed by atoms with Gasteiger partial charge in [-0.2, -0.15) is 5.10 Å². The van der Waals surface area contributed by atoms with E-state index in [0.29, 0.717) is 6.54 Å². The lowest BCUT2D eigenvalue weighted by Crippen LogP contribution is -2.27. The number of aryl methyl sites for hydroxylation is 2. The van der Waals surface area contributed by atoms with Crippen LogP contribution >= 0.6 is 0 Å². The van der Waals surface area contributed by atoms with Crippen LogP contribution in [0.25, 0.3) is 0 Å². The van der Waals surface area contributed by atoms with Gasteiger partial charge in [0, 0.05) is 20.0 Å². The van der Waals surface area contributed by atoms with Gasteiger partial charge in [-0.3, -0.25) is 14.3 Å². The number of hydrogen-bond donors (Lipinski definition) is 0. The Morgan fingerprint density at radius 1 is 1.44 bits per heavy atom. The first-order valence-electron chi connectivity index (χ1n) is 5.84. The topological polar surface area (TPSA) is 64.4 Å². The Labute approximate surface area is 106 Å². The number of hydrogen-bond acceptors (Lipinski definition) is 4. The number of anilines is 1. The Kier molecular flexibility index (Phi) is 3.11. The van der Waals surface area contributed by atoms with Gasteiger partial charge >= 0.3 is 5.97 Å². The Morgan fingerprint density at radius 2 is 2.11 bits per heavy atom. The van der Waals surface area contributed by atoms with Gasteiger partial charge in [-0.15, -0.1) is 0 Å². The molecule has 2 rings (SSSR count). The quantitative estimate of drug-likeness (QED) is 0.721. The average molecular weight is 251 g/mol. The van der Waals surface area contributed by atoms with E-state index in [1.807, 2.05) is 20.9 Å². The van der Waals surface area contributed by atoms with Crippen molar-refractivity contribution >= 4 is 17.6 Å². The predicted molar refractivity (Wildman–Crippen MR) is 65.2 cm³/mol. The van der Waals surface area contributed by atoms with Crippen LogP contribution in [-0.2, 0) is 21.4 Å². The monoisotopic (exact) mass is 251 g/mol. The summed E-state index contributed by atoms with van der Waals surface area (Å²) in [5.74, 6) is -0.754. The number of esters is 1. The van der Waals surface area contributed by atoms with Crippen LogP contribution in [0.1, 0.15) is 17.8 Å². The molecule has 1 aromatic heterocycles. The molecule has 1 aromatic rings. The molecule has 98 valence electrons. The summed E-state index contributed by atoms with van der Waals surface area (Å²) in [7, 11) is 3.18. The third kappa shape index (κ3) is 1.87. The first kappa shape index (κ1) is 12.6. The Balaban J connectivity index is 2.30. The number of nitrogens with zero attached hydrogens (tertiary/aromatic N) is 3. The fraction of sp³-hybridized carbons (Fsp3) is 0.583. The van der Waals surface area contributed by atoms with E-state index in [0.717, 1.165) is 17.1 Å². The summed E-state index contributed by atoms with van der Waals surface area (Å²) in [6.45, 7) is 4.15. The van der Waals surface area contributed by atoms with Crippen molar-refractivity contribution in [3.63, 3.8) is 0 Å². The van der Waals surface area contributed by atoms with Gasteiger partial charge < -0.3 is 9.64 Å². The van der Waals surface area contributed by atoms with Crippen LogP contribution in [0.4, 0.5) is 5.69 Å². The molecule has 0 aromatic carbocycles. The molecule has 6 nitrogen and oxygen atoms in total. The van der Waals surface area contributed by atoms with Gasteiger partial charge in [0.25, 0.3) is 0 Å². The lowest BCUT2D eigenvalue weighted by atomic mass is 10.1. The van der Waals surface area contributed by atoms with Gasteiger partial charge in [-0.05, 0) is 13.8 Å². The van der Waals surface area contributed by atoms with Crippen LogP contribution < -0.4 is 4.90 Å². The standard InChI is InChI=1S/C12H17N3O3/c1-7-11(8(2)14(3)13-7)15-6-9(5-10(15)16)12(17)18-4/h9H,5-6H2,1-4H3. The van der Waals surface area contributed by atoms with Crippen molar-refractivity contribution in [2.45, 2.75) is 20.3 Å². The van der Waals surface area contributed by atoms with E-state index in [9.17, 15) is 9.59 Å². The van der Waals surface area contributed by atoms with Crippen molar-refractivity contribution in [3.8, 4) is 0 Å². The number of ether oxygens (including phenoxy) is 1. The number of amides is 1. The molecule has 0 bridgehead atoms. The van der Waals surface area contributed by atoms with Crippen LogP contribution in [0, 0.1) is 19.8 Å². The highest BCUT2D eigenvalue weighted by Gasteiger charge is 2.37. The van der Waals surface area contributed by atoms with Crippen molar-refractivity contribution in [2.75, 3.05) is 18.6 Å². The molecule has 1 atom stereocenters. The predicted octanol–water partition coefficient (Wildman–Crippen LogP) is 0.563. The molecule has 0 N–H and O–H groups in total. The van der Waals surface area contributed by atoms with Gasteiger partial charge in [0.1, 0.15) is 0 Å². The number of rotatable bonds is 2. The molecule has 0 aliphatic carbocycles. The highest BCUT2D eigenvalue weighted by Crippen LogP contribution is 2.30. The molecule has 1 amide bonds. The highest BCUT2D eigenvalue weighted by molar-refractivity contribution is 6.00. The molecule has 0 spiro atoms. The molecule has 1 aliphatic rings. The van der Waals surface area contributed by atoms with Crippen LogP contribution in [-0.4, -0.2) is 35.3 Å². The molecular weight excluding hydrogens is 234 g/mol. The van der Waals surface area contributed by atoms with Gasteiger partial charge in [0.05, 0.1) is 30.1 Å². The van der Waals surface area contributed by atoms with E-state index < -0.39 is 0 Å². The summed E-state index contributed by atoms with van der Waals surface area (Å²) in [6.07, 6.45) is 0.209. The molecule has 1 saturated heterocycles. The van der Waals surface area contributed by atoms with E-state index in [-0.39, 0.29) is 24.2 Å². The third-order valence-corrected chi connectivity index (χ3v) is 3.40. The summed E-state index contributed by atoms with van der Waals surface area (Å²) in [4.78, 5) is 25.1. The minimum atomic E-state index is -0.374. The Morgan fingerprint density at radius 3 is 2.61 bits per heavy atom. The molecule has 1 fully saturated rings. The summed E-state index contributed by atoms with van der Waals surface area (Å²) in [6, 6.07) is 0. The number of carbonyl (C=O) groups is 2. The van der Waals surface area contributed by atoms with Crippen molar-refractivity contribution in [2.24, 2.45) is 13.0 Å². The van der Waals surface area contributed by atoms with Crippen LogP contribution in [0.15, 0.2) is 0 Å². The minimum absolute atomic E-state index is 0.0513. The molecular formula is C12H17N3O3. The fourth-order valence-electron chi connectivity index (χ4n) is 2.40. The highest BCUT2D eigenvalue weighted by atomic mass is 16.5.